The molecule has 0 aromatic rings. The molecule has 1 aliphatic rings. The smallest absolute Gasteiger partial charge is 0.408 e. The minimum atomic E-state index is -1.37. The highest BCUT2D eigenvalue weighted by atomic mass is 16.4. The molecule has 0 aromatic heterocycles. The van der Waals surface area contributed by atoms with Crippen LogP contribution in [0.3, 0.4) is 0 Å². The Labute approximate surface area is 60.4 Å². The maximum atomic E-state index is 8.66. The summed E-state index contributed by atoms with van der Waals surface area (Å²) in [4.78, 5) is 1.42. The second-order valence-electron chi connectivity index (χ2n) is 2.31. The van der Waals surface area contributed by atoms with Gasteiger partial charge in [-0.05, 0) is 19.2 Å². The summed E-state index contributed by atoms with van der Waals surface area (Å²) in [6.45, 7) is 2.54. The third kappa shape index (κ3) is 1.62. The first-order valence-electron chi connectivity index (χ1n) is 3.17. The topological polar surface area (TPSA) is 43.7 Å². The maximum Gasteiger partial charge on any atom is 0.587 e. The first-order valence-corrected chi connectivity index (χ1v) is 3.17. The minimum Gasteiger partial charge on any atom is -0.408 e. The van der Waals surface area contributed by atoms with E-state index in [-0.39, 0.29) is 0 Å². The summed E-state index contributed by atoms with van der Waals surface area (Å²) >= 11 is 0. The van der Waals surface area contributed by atoms with E-state index in [0.717, 1.165) is 5.57 Å². The lowest BCUT2D eigenvalue weighted by molar-refractivity contribution is 0.325. The fraction of sp³-hybridized carbons (Fsp3) is 0.333. The third-order valence-corrected chi connectivity index (χ3v) is 1.45. The van der Waals surface area contributed by atoms with Gasteiger partial charge in [-0.2, -0.15) is 0 Å². The maximum absolute atomic E-state index is 8.66. The lowest BCUT2D eigenvalue weighted by atomic mass is 10.0. The molecule has 1 aliphatic heterocycles. The van der Waals surface area contributed by atoms with Crippen molar-refractivity contribution < 1.29 is 10.0 Å². The molecule has 4 heteroatoms. The molecule has 0 bridgehead atoms. The van der Waals surface area contributed by atoms with Crippen LogP contribution in [-0.4, -0.2) is 28.7 Å². The van der Waals surface area contributed by atoms with E-state index in [1.54, 1.807) is 6.20 Å². The average Bonchev–Trinajstić information content (AvgIpc) is 1.88. The van der Waals surface area contributed by atoms with E-state index < -0.39 is 7.25 Å². The number of hydrogen-bond acceptors (Lipinski definition) is 3. The van der Waals surface area contributed by atoms with Gasteiger partial charge in [-0.1, -0.05) is 11.6 Å². The molecule has 0 fully saturated rings. The summed E-state index contributed by atoms with van der Waals surface area (Å²) in [7, 11) is -1.37. The van der Waals surface area contributed by atoms with Crippen molar-refractivity contribution in [3.8, 4) is 0 Å². The van der Waals surface area contributed by atoms with Gasteiger partial charge in [0.2, 0.25) is 0 Å². The number of rotatable bonds is 1. The summed E-state index contributed by atoms with van der Waals surface area (Å²) in [6, 6.07) is 0. The zero-order valence-electron chi connectivity index (χ0n) is 5.86. The molecular formula is C6H10BNO2. The fourth-order valence-electron chi connectivity index (χ4n) is 0.763. The first-order chi connectivity index (χ1) is 4.70. The molecule has 54 valence electrons. The molecule has 3 nitrogen and oxygen atoms in total. The highest BCUT2D eigenvalue weighted by Crippen LogP contribution is 2.05. The molecule has 0 saturated heterocycles. The average molecular weight is 139 g/mol. The summed E-state index contributed by atoms with van der Waals surface area (Å²) in [5, 5.41) is 17.3. The summed E-state index contributed by atoms with van der Waals surface area (Å²) < 4.78 is 0. The van der Waals surface area contributed by atoms with Gasteiger partial charge in [-0.15, -0.1) is 0 Å². The third-order valence-electron chi connectivity index (χ3n) is 1.45. The molecule has 1 rings (SSSR count). The molecule has 2 N–H and O–H groups in total. The standard InChI is InChI=1S/C6H10BNO2/c1-6-2-4-8(5-3-6)7(9)10/h2-4,9-10H,5H2,1H3. The van der Waals surface area contributed by atoms with Gasteiger partial charge in [0.05, 0.1) is 0 Å². The fourth-order valence-corrected chi connectivity index (χ4v) is 0.763. The van der Waals surface area contributed by atoms with E-state index in [1.165, 1.54) is 4.81 Å². The predicted octanol–water partition coefficient (Wildman–Crippen LogP) is -0.268. The van der Waals surface area contributed by atoms with Crippen LogP contribution < -0.4 is 0 Å². The van der Waals surface area contributed by atoms with Crippen LogP contribution in [0.2, 0.25) is 0 Å². The highest BCUT2D eigenvalue weighted by Gasteiger charge is 2.16. The lowest BCUT2D eigenvalue weighted by Gasteiger charge is -2.19. The van der Waals surface area contributed by atoms with E-state index in [2.05, 4.69) is 0 Å². The Hall–Kier alpha value is -0.735. The van der Waals surface area contributed by atoms with Crippen LogP contribution in [0, 0.1) is 0 Å². The van der Waals surface area contributed by atoms with Crippen LogP contribution in [0.25, 0.3) is 0 Å². The Morgan fingerprint density at radius 1 is 1.60 bits per heavy atom. The molecule has 0 aliphatic carbocycles. The number of hydrogen-bond donors (Lipinski definition) is 2. The Bertz CT molecular complexity index is 177. The predicted molar refractivity (Wildman–Crippen MR) is 39.8 cm³/mol. The van der Waals surface area contributed by atoms with E-state index in [9.17, 15) is 0 Å². The van der Waals surface area contributed by atoms with Gasteiger partial charge in [0.15, 0.2) is 0 Å². The van der Waals surface area contributed by atoms with Gasteiger partial charge in [-0.25, -0.2) is 0 Å². The van der Waals surface area contributed by atoms with E-state index in [0.29, 0.717) is 6.54 Å². The van der Waals surface area contributed by atoms with Gasteiger partial charge in [-0.3, -0.25) is 0 Å². The normalized spacial score (nSPS) is 17.1. The van der Waals surface area contributed by atoms with Gasteiger partial charge < -0.3 is 14.9 Å². The lowest BCUT2D eigenvalue weighted by Crippen LogP contribution is -2.36. The number of nitrogens with zero attached hydrogens (tertiary/aromatic N) is 1. The van der Waals surface area contributed by atoms with Crippen molar-refractivity contribution >= 4 is 7.25 Å². The SMILES string of the molecule is CC1=CCN(B(O)O)C=C1. The van der Waals surface area contributed by atoms with Crippen LogP contribution in [0.5, 0.6) is 0 Å². The second-order valence-corrected chi connectivity index (χ2v) is 2.31. The summed E-state index contributed by atoms with van der Waals surface area (Å²) in [5.74, 6) is 0. The van der Waals surface area contributed by atoms with E-state index >= 15 is 0 Å². The van der Waals surface area contributed by atoms with Crippen LogP contribution in [0.4, 0.5) is 0 Å². The Morgan fingerprint density at radius 3 is 2.70 bits per heavy atom. The van der Waals surface area contributed by atoms with Gasteiger partial charge >= 0.3 is 7.25 Å². The van der Waals surface area contributed by atoms with Crippen molar-refractivity contribution in [1.82, 2.24) is 4.81 Å². The number of allylic oxidation sites excluding steroid dienone is 2. The molecule has 0 unspecified atom stereocenters. The Morgan fingerprint density at radius 2 is 2.30 bits per heavy atom. The van der Waals surface area contributed by atoms with Crippen molar-refractivity contribution in [3.63, 3.8) is 0 Å². The van der Waals surface area contributed by atoms with Crippen molar-refractivity contribution in [2.45, 2.75) is 6.92 Å². The summed E-state index contributed by atoms with van der Waals surface area (Å²) in [5.41, 5.74) is 1.15. The largest absolute Gasteiger partial charge is 0.587 e. The van der Waals surface area contributed by atoms with Gasteiger partial charge in [0.25, 0.3) is 0 Å². The molecule has 10 heavy (non-hydrogen) atoms. The van der Waals surface area contributed by atoms with Crippen molar-refractivity contribution in [2.24, 2.45) is 0 Å². The quantitative estimate of drug-likeness (QED) is 0.491. The molecule has 1 heterocycles. The van der Waals surface area contributed by atoms with Crippen LogP contribution in [0.1, 0.15) is 6.92 Å². The Balaban J connectivity index is 2.52. The van der Waals surface area contributed by atoms with Crippen LogP contribution >= 0.6 is 0 Å². The van der Waals surface area contributed by atoms with Crippen molar-refractivity contribution in [1.29, 1.82) is 0 Å². The van der Waals surface area contributed by atoms with Gasteiger partial charge in [0.1, 0.15) is 0 Å². The zero-order valence-corrected chi connectivity index (χ0v) is 5.86. The Kier molecular flexibility index (Phi) is 2.14. The highest BCUT2D eigenvalue weighted by molar-refractivity contribution is 6.38. The van der Waals surface area contributed by atoms with Crippen molar-refractivity contribution in [2.75, 3.05) is 6.54 Å². The summed E-state index contributed by atoms with van der Waals surface area (Å²) in [6.07, 6.45) is 5.43. The zero-order chi connectivity index (χ0) is 7.56. The van der Waals surface area contributed by atoms with E-state index in [1.807, 2.05) is 19.1 Å². The first kappa shape index (κ1) is 7.37. The molecule has 0 spiro atoms. The van der Waals surface area contributed by atoms with E-state index in [4.69, 9.17) is 10.0 Å². The second kappa shape index (κ2) is 2.90. The van der Waals surface area contributed by atoms with Crippen molar-refractivity contribution in [3.05, 3.63) is 23.9 Å². The molecule has 0 aromatic carbocycles. The molecular weight excluding hydrogens is 129 g/mol. The monoisotopic (exact) mass is 139 g/mol. The molecule has 0 amide bonds. The van der Waals surface area contributed by atoms with Gasteiger partial charge in [0, 0.05) is 6.54 Å². The molecule has 0 saturated carbocycles. The van der Waals surface area contributed by atoms with Crippen LogP contribution in [-0.2, 0) is 0 Å². The van der Waals surface area contributed by atoms with Crippen LogP contribution in [0.15, 0.2) is 23.9 Å². The molecule has 0 atom stereocenters. The molecule has 0 radical (unpaired) electrons. The minimum absolute atomic E-state index is 0.569.